The zero-order valence-corrected chi connectivity index (χ0v) is 12.9. The summed E-state index contributed by atoms with van der Waals surface area (Å²) in [5.41, 5.74) is 3.68. The summed E-state index contributed by atoms with van der Waals surface area (Å²) in [5, 5.41) is 0. The predicted molar refractivity (Wildman–Crippen MR) is 82.3 cm³/mol. The Balaban J connectivity index is 3.02. The first kappa shape index (κ1) is 16.4. The zero-order chi connectivity index (χ0) is 15.1. The van der Waals surface area contributed by atoms with Crippen LogP contribution in [0.5, 0.6) is 0 Å². The molecule has 3 N–H and O–H groups in total. The molecule has 0 aliphatic heterocycles. The zero-order valence-electron chi connectivity index (χ0n) is 12.9. The Kier molecular flexibility index (Phi) is 6.45. The molecule has 0 unspecified atom stereocenters. The molecule has 0 aromatic carbocycles. The number of nitrogens with one attached hydrogen (secondary N) is 1. The van der Waals surface area contributed by atoms with Crippen LogP contribution in [0, 0.1) is 5.92 Å². The average Bonchev–Trinajstić information content (AvgIpc) is 2.46. The highest BCUT2D eigenvalue weighted by Gasteiger charge is 2.24. The van der Waals surface area contributed by atoms with Crippen LogP contribution in [-0.4, -0.2) is 28.4 Å². The van der Waals surface area contributed by atoms with Crippen LogP contribution in [0.4, 0.5) is 5.69 Å². The maximum absolute atomic E-state index is 12.7. The molecule has 1 heterocycles. The number of aromatic nitrogens is 1. The molecule has 1 amide bonds. The van der Waals surface area contributed by atoms with Gasteiger partial charge in [0, 0.05) is 18.8 Å². The van der Waals surface area contributed by atoms with Gasteiger partial charge >= 0.3 is 0 Å². The van der Waals surface area contributed by atoms with Crippen LogP contribution < -0.4 is 11.3 Å². The van der Waals surface area contributed by atoms with Crippen molar-refractivity contribution in [2.24, 2.45) is 11.8 Å². The van der Waals surface area contributed by atoms with E-state index < -0.39 is 0 Å². The first-order valence-corrected chi connectivity index (χ1v) is 7.27. The van der Waals surface area contributed by atoms with Crippen molar-refractivity contribution in [1.82, 2.24) is 9.88 Å². The minimum Gasteiger partial charge on any atom is -0.334 e. The van der Waals surface area contributed by atoms with E-state index in [0.717, 1.165) is 19.4 Å². The van der Waals surface area contributed by atoms with Crippen LogP contribution in [0.3, 0.4) is 0 Å². The summed E-state index contributed by atoms with van der Waals surface area (Å²) < 4.78 is 0. The molecule has 0 fully saturated rings. The molecule has 5 nitrogen and oxygen atoms in total. The van der Waals surface area contributed by atoms with Crippen LogP contribution >= 0.6 is 0 Å². The van der Waals surface area contributed by atoms with Crippen LogP contribution in [0.15, 0.2) is 18.3 Å². The maximum Gasteiger partial charge on any atom is 0.272 e. The highest BCUT2D eigenvalue weighted by molar-refractivity contribution is 5.93. The number of nitrogens with zero attached hydrogens (tertiary/aromatic N) is 2. The van der Waals surface area contributed by atoms with Crippen molar-refractivity contribution in [1.29, 1.82) is 0 Å². The molecule has 0 radical (unpaired) electrons. The summed E-state index contributed by atoms with van der Waals surface area (Å²) in [4.78, 5) is 18.8. The van der Waals surface area contributed by atoms with Crippen molar-refractivity contribution in [3.8, 4) is 0 Å². The van der Waals surface area contributed by atoms with Crippen molar-refractivity contribution in [2.75, 3.05) is 12.0 Å². The third-order valence-electron chi connectivity index (χ3n) is 3.35. The molecule has 5 heteroatoms. The number of hydrogen-bond acceptors (Lipinski definition) is 4. The standard InChI is InChI=1S/C15H26N4O/c1-5-13(6-2)19(10-11(3)4)15(20)14-9-12(18-16)7-8-17-14/h7-9,11,13H,5-6,10,16H2,1-4H3,(H,17,18). The predicted octanol–water partition coefficient (Wildman–Crippen LogP) is 2.65. The second-order valence-electron chi connectivity index (χ2n) is 5.40. The Bertz CT molecular complexity index is 430. The molecule has 1 rings (SSSR count). The van der Waals surface area contributed by atoms with Crippen LogP contribution in [0.1, 0.15) is 51.0 Å². The maximum atomic E-state index is 12.7. The molecule has 0 spiro atoms. The molecule has 112 valence electrons. The second-order valence-corrected chi connectivity index (χ2v) is 5.40. The van der Waals surface area contributed by atoms with Crippen molar-refractivity contribution >= 4 is 11.6 Å². The lowest BCUT2D eigenvalue weighted by Crippen LogP contribution is -2.42. The van der Waals surface area contributed by atoms with Gasteiger partial charge in [-0.25, -0.2) is 0 Å². The molecular weight excluding hydrogens is 252 g/mol. The van der Waals surface area contributed by atoms with Gasteiger partial charge < -0.3 is 10.3 Å². The number of carbonyl (C=O) groups is 1. The minimum absolute atomic E-state index is 0.0236. The van der Waals surface area contributed by atoms with Gasteiger partial charge in [-0.05, 0) is 30.9 Å². The summed E-state index contributed by atoms with van der Waals surface area (Å²) in [6.45, 7) is 9.20. The fraction of sp³-hybridized carbons (Fsp3) is 0.600. The van der Waals surface area contributed by atoms with Crippen molar-refractivity contribution < 1.29 is 4.79 Å². The van der Waals surface area contributed by atoms with Gasteiger partial charge in [-0.1, -0.05) is 27.7 Å². The van der Waals surface area contributed by atoms with E-state index in [1.54, 1.807) is 18.3 Å². The minimum atomic E-state index is -0.0236. The second kappa shape index (κ2) is 7.85. The Morgan fingerprint density at radius 3 is 2.55 bits per heavy atom. The van der Waals surface area contributed by atoms with Crippen LogP contribution in [0.25, 0.3) is 0 Å². The van der Waals surface area contributed by atoms with Gasteiger partial charge in [-0.15, -0.1) is 0 Å². The van der Waals surface area contributed by atoms with Gasteiger partial charge in [-0.3, -0.25) is 15.6 Å². The molecule has 0 saturated carbocycles. The average molecular weight is 278 g/mol. The Morgan fingerprint density at radius 2 is 2.05 bits per heavy atom. The number of nitrogens with two attached hydrogens (primary N) is 1. The largest absolute Gasteiger partial charge is 0.334 e. The van der Waals surface area contributed by atoms with Gasteiger partial charge in [0.1, 0.15) is 5.69 Å². The number of carbonyl (C=O) groups excluding carboxylic acids is 1. The van der Waals surface area contributed by atoms with E-state index in [-0.39, 0.29) is 11.9 Å². The third-order valence-corrected chi connectivity index (χ3v) is 3.35. The van der Waals surface area contributed by atoms with E-state index in [9.17, 15) is 4.79 Å². The molecule has 1 aromatic rings. The van der Waals surface area contributed by atoms with Crippen molar-refractivity contribution in [3.63, 3.8) is 0 Å². The summed E-state index contributed by atoms with van der Waals surface area (Å²) in [5.74, 6) is 5.79. The highest BCUT2D eigenvalue weighted by Crippen LogP contribution is 2.16. The number of anilines is 1. The quantitative estimate of drug-likeness (QED) is 0.594. The Labute approximate surface area is 121 Å². The lowest BCUT2D eigenvalue weighted by Gasteiger charge is -2.32. The smallest absolute Gasteiger partial charge is 0.272 e. The monoisotopic (exact) mass is 278 g/mol. The molecule has 0 saturated heterocycles. The molecular formula is C15H26N4O. The number of hydrazine groups is 1. The number of amides is 1. The van der Waals surface area contributed by atoms with Crippen LogP contribution in [-0.2, 0) is 0 Å². The summed E-state index contributed by atoms with van der Waals surface area (Å²) >= 11 is 0. The van der Waals surface area contributed by atoms with Gasteiger partial charge in [0.05, 0.1) is 5.69 Å². The number of nitrogen functional groups attached to an aromatic ring is 1. The summed E-state index contributed by atoms with van der Waals surface area (Å²) in [6.07, 6.45) is 3.50. The molecule has 0 aliphatic carbocycles. The topological polar surface area (TPSA) is 71.2 Å². The van der Waals surface area contributed by atoms with Gasteiger partial charge in [0.2, 0.25) is 0 Å². The fourth-order valence-corrected chi connectivity index (χ4v) is 2.31. The van der Waals surface area contributed by atoms with Gasteiger partial charge in [-0.2, -0.15) is 0 Å². The first-order valence-electron chi connectivity index (χ1n) is 7.27. The highest BCUT2D eigenvalue weighted by atomic mass is 16.2. The summed E-state index contributed by atoms with van der Waals surface area (Å²) in [7, 11) is 0. The van der Waals surface area contributed by atoms with E-state index in [0.29, 0.717) is 17.3 Å². The van der Waals surface area contributed by atoms with Crippen LogP contribution in [0.2, 0.25) is 0 Å². The normalized spacial score (nSPS) is 10.9. The number of hydrogen-bond donors (Lipinski definition) is 2. The molecule has 0 bridgehead atoms. The van der Waals surface area contributed by atoms with Crippen molar-refractivity contribution in [3.05, 3.63) is 24.0 Å². The lowest BCUT2D eigenvalue weighted by molar-refractivity contribution is 0.0634. The van der Waals surface area contributed by atoms with E-state index in [2.05, 4.69) is 38.1 Å². The fourth-order valence-electron chi connectivity index (χ4n) is 2.31. The third kappa shape index (κ3) is 4.20. The Hall–Kier alpha value is -1.62. The molecule has 0 atom stereocenters. The lowest BCUT2D eigenvalue weighted by atomic mass is 10.1. The number of rotatable bonds is 7. The van der Waals surface area contributed by atoms with E-state index >= 15 is 0 Å². The van der Waals surface area contributed by atoms with Crippen molar-refractivity contribution in [2.45, 2.75) is 46.6 Å². The van der Waals surface area contributed by atoms with E-state index in [4.69, 9.17) is 5.84 Å². The Morgan fingerprint density at radius 1 is 1.40 bits per heavy atom. The SMILES string of the molecule is CCC(CC)N(CC(C)C)C(=O)c1cc(NN)ccn1. The molecule has 20 heavy (non-hydrogen) atoms. The molecule has 0 aliphatic rings. The van der Waals surface area contributed by atoms with Gasteiger partial charge in [0.15, 0.2) is 0 Å². The first-order chi connectivity index (χ1) is 9.53. The number of pyridine rings is 1. The van der Waals surface area contributed by atoms with E-state index in [1.807, 2.05) is 4.90 Å². The van der Waals surface area contributed by atoms with Gasteiger partial charge in [0.25, 0.3) is 5.91 Å². The summed E-state index contributed by atoms with van der Waals surface area (Å²) in [6, 6.07) is 3.68. The van der Waals surface area contributed by atoms with E-state index in [1.165, 1.54) is 0 Å². The molecule has 1 aromatic heterocycles.